The van der Waals surface area contributed by atoms with Gasteiger partial charge in [0.05, 0.1) is 21.8 Å². The van der Waals surface area contributed by atoms with Crippen LogP contribution in [0.25, 0.3) is 22.4 Å². The van der Waals surface area contributed by atoms with Gasteiger partial charge < -0.3 is 14.8 Å². The molecule has 30 heavy (non-hydrogen) atoms. The van der Waals surface area contributed by atoms with Crippen molar-refractivity contribution in [3.63, 3.8) is 0 Å². The summed E-state index contributed by atoms with van der Waals surface area (Å²) < 4.78 is 5.72. The fraction of sp³-hybridized carbons (Fsp3) is 0.182. The molecule has 5 rings (SSSR count). The average molecular weight is 421 g/mol. The van der Waals surface area contributed by atoms with Gasteiger partial charge in [0.1, 0.15) is 5.75 Å². The summed E-state index contributed by atoms with van der Waals surface area (Å²) in [4.78, 5) is 27.8. The summed E-state index contributed by atoms with van der Waals surface area (Å²) in [6.45, 7) is 1.73. The minimum absolute atomic E-state index is 0.175. The van der Waals surface area contributed by atoms with E-state index in [1.165, 1.54) is 18.9 Å². The zero-order valence-corrected chi connectivity index (χ0v) is 16.8. The minimum atomic E-state index is -1.01. The van der Waals surface area contributed by atoms with Crippen LogP contribution in [0.5, 0.6) is 11.8 Å². The highest BCUT2D eigenvalue weighted by molar-refractivity contribution is 6.33. The first-order valence-electron chi connectivity index (χ1n) is 9.52. The third-order valence-corrected chi connectivity index (χ3v) is 5.40. The number of nitrogens with zero attached hydrogens (tertiary/aromatic N) is 3. The second kappa shape index (κ2) is 7.11. The Labute approximate surface area is 176 Å². The van der Waals surface area contributed by atoms with Gasteiger partial charge >= 0.3 is 12.0 Å². The van der Waals surface area contributed by atoms with E-state index in [-0.39, 0.29) is 11.6 Å². The number of aromatic nitrogens is 4. The highest BCUT2D eigenvalue weighted by Crippen LogP contribution is 2.39. The summed E-state index contributed by atoms with van der Waals surface area (Å²) in [5.74, 6) is -0.0652. The number of hydrogen-bond donors (Lipinski definition) is 2. The molecule has 0 unspecified atom stereocenters. The van der Waals surface area contributed by atoms with Crippen LogP contribution in [-0.4, -0.2) is 31.0 Å². The zero-order chi connectivity index (χ0) is 20.8. The molecule has 0 bridgehead atoms. The van der Waals surface area contributed by atoms with E-state index in [1.807, 2.05) is 12.1 Å². The number of fused-ring (bicyclic) bond motifs is 1. The lowest BCUT2D eigenvalue weighted by Gasteiger charge is -2.05. The fourth-order valence-electron chi connectivity index (χ4n) is 3.32. The number of carboxylic acids is 1. The summed E-state index contributed by atoms with van der Waals surface area (Å²) in [6, 6.07) is 10.8. The summed E-state index contributed by atoms with van der Waals surface area (Å²) in [7, 11) is 0. The van der Waals surface area contributed by atoms with Crippen LogP contribution in [0.1, 0.15) is 40.4 Å². The normalized spacial score (nSPS) is 13.5. The van der Waals surface area contributed by atoms with Gasteiger partial charge in [-0.05, 0) is 55.7 Å². The molecular weight excluding hydrogens is 404 g/mol. The number of aryl methyl sites for hydroxylation is 1. The van der Waals surface area contributed by atoms with Gasteiger partial charge in [-0.15, -0.1) is 0 Å². The molecule has 1 saturated carbocycles. The minimum Gasteiger partial charge on any atom is -0.478 e. The van der Waals surface area contributed by atoms with E-state index in [9.17, 15) is 9.90 Å². The number of halogens is 1. The first-order chi connectivity index (χ1) is 14.5. The van der Waals surface area contributed by atoms with E-state index < -0.39 is 5.97 Å². The van der Waals surface area contributed by atoms with Crippen molar-refractivity contribution in [1.82, 2.24) is 19.9 Å². The standard InChI is InChI=1S/C22H17ClN4O3/c1-11-2-6-14(8-15(11)21(28)29)30-22-25-18-9-16(23)19(26-20(18)27-22)13-5-7-17(24-10-13)12-3-4-12/h2,5-10,12H,3-4H2,1H3,(H,28,29)(H,25,26,27). The first kappa shape index (κ1) is 18.6. The van der Waals surface area contributed by atoms with E-state index in [4.69, 9.17) is 16.3 Å². The number of pyridine rings is 2. The monoisotopic (exact) mass is 420 g/mol. The van der Waals surface area contributed by atoms with E-state index in [0.717, 1.165) is 11.3 Å². The van der Waals surface area contributed by atoms with Gasteiger partial charge in [-0.25, -0.2) is 9.78 Å². The van der Waals surface area contributed by atoms with Gasteiger partial charge in [-0.3, -0.25) is 4.98 Å². The Morgan fingerprint density at radius 3 is 2.73 bits per heavy atom. The van der Waals surface area contributed by atoms with E-state index in [0.29, 0.717) is 39.1 Å². The maximum atomic E-state index is 11.3. The van der Waals surface area contributed by atoms with E-state index >= 15 is 0 Å². The molecule has 1 aliphatic rings. The smallest absolute Gasteiger partial charge is 0.336 e. The van der Waals surface area contributed by atoms with Crippen molar-refractivity contribution in [2.45, 2.75) is 25.7 Å². The predicted molar refractivity (Wildman–Crippen MR) is 112 cm³/mol. The Bertz CT molecular complexity index is 1280. The Hall–Kier alpha value is -3.45. The fourth-order valence-corrected chi connectivity index (χ4v) is 3.58. The maximum absolute atomic E-state index is 11.3. The van der Waals surface area contributed by atoms with Crippen LogP contribution in [-0.2, 0) is 0 Å². The third-order valence-electron chi connectivity index (χ3n) is 5.11. The third kappa shape index (κ3) is 3.48. The second-order valence-corrected chi connectivity index (χ2v) is 7.77. The lowest BCUT2D eigenvalue weighted by atomic mass is 10.1. The summed E-state index contributed by atoms with van der Waals surface area (Å²) in [6.07, 6.45) is 4.18. The number of hydrogen-bond acceptors (Lipinski definition) is 5. The van der Waals surface area contributed by atoms with Gasteiger partial charge in [0.15, 0.2) is 5.65 Å². The molecule has 0 saturated heterocycles. The Morgan fingerprint density at radius 2 is 2.03 bits per heavy atom. The second-order valence-electron chi connectivity index (χ2n) is 7.36. The van der Waals surface area contributed by atoms with Crippen molar-refractivity contribution in [2.75, 3.05) is 0 Å². The number of rotatable bonds is 5. The molecule has 2 N–H and O–H groups in total. The number of carboxylic acid groups (broad SMARTS) is 1. The lowest BCUT2D eigenvalue weighted by Crippen LogP contribution is -2.00. The molecule has 150 valence electrons. The molecule has 0 radical (unpaired) electrons. The van der Waals surface area contributed by atoms with E-state index in [1.54, 1.807) is 31.3 Å². The highest BCUT2D eigenvalue weighted by Gasteiger charge is 2.24. The number of H-pyrrole nitrogens is 1. The number of carbonyl (C=O) groups is 1. The Kier molecular flexibility index (Phi) is 4.40. The first-order valence-corrected chi connectivity index (χ1v) is 9.90. The molecule has 7 nitrogen and oxygen atoms in total. The topological polar surface area (TPSA) is 101 Å². The van der Waals surface area contributed by atoms with Crippen LogP contribution < -0.4 is 4.74 Å². The zero-order valence-electron chi connectivity index (χ0n) is 16.0. The average Bonchev–Trinajstić information content (AvgIpc) is 3.50. The lowest BCUT2D eigenvalue weighted by molar-refractivity contribution is 0.0695. The van der Waals surface area contributed by atoms with Gasteiger partial charge in [-0.1, -0.05) is 17.7 Å². The SMILES string of the molecule is Cc1ccc(Oc2nc3nc(-c4ccc(C5CC5)nc4)c(Cl)cc3[nH]2)cc1C(=O)O. The number of benzene rings is 1. The van der Waals surface area contributed by atoms with Crippen LogP contribution in [0.3, 0.4) is 0 Å². The van der Waals surface area contributed by atoms with Gasteiger partial charge in [-0.2, -0.15) is 4.98 Å². The molecule has 0 aliphatic heterocycles. The van der Waals surface area contributed by atoms with E-state index in [2.05, 4.69) is 19.9 Å². The number of ether oxygens (including phenoxy) is 1. The van der Waals surface area contributed by atoms with Crippen LogP contribution in [0.4, 0.5) is 0 Å². The molecule has 1 aromatic carbocycles. The quantitative estimate of drug-likeness (QED) is 0.451. The van der Waals surface area contributed by atoms with Crippen LogP contribution >= 0.6 is 11.6 Å². The van der Waals surface area contributed by atoms with Crippen LogP contribution in [0.2, 0.25) is 5.02 Å². The molecule has 1 fully saturated rings. The van der Waals surface area contributed by atoms with Crippen molar-refractivity contribution < 1.29 is 14.6 Å². The molecule has 8 heteroatoms. The van der Waals surface area contributed by atoms with Gasteiger partial charge in [0.2, 0.25) is 0 Å². The van der Waals surface area contributed by atoms with Crippen molar-refractivity contribution in [3.05, 3.63) is 64.4 Å². The number of nitrogens with one attached hydrogen (secondary N) is 1. The van der Waals surface area contributed by atoms with Crippen molar-refractivity contribution in [1.29, 1.82) is 0 Å². The summed E-state index contributed by atoms with van der Waals surface area (Å²) in [5, 5.41) is 9.76. The maximum Gasteiger partial charge on any atom is 0.336 e. The summed E-state index contributed by atoms with van der Waals surface area (Å²) >= 11 is 6.45. The molecule has 3 aromatic heterocycles. The number of imidazole rings is 1. The van der Waals surface area contributed by atoms with Gasteiger partial charge in [0.25, 0.3) is 0 Å². The molecule has 1 aliphatic carbocycles. The molecule has 3 heterocycles. The van der Waals surface area contributed by atoms with Crippen LogP contribution in [0.15, 0.2) is 42.6 Å². The Morgan fingerprint density at radius 1 is 1.20 bits per heavy atom. The Balaban J connectivity index is 1.46. The summed E-state index contributed by atoms with van der Waals surface area (Å²) in [5.41, 5.74) is 4.41. The molecule has 4 aromatic rings. The van der Waals surface area contributed by atoms with Crippen molar-refractivity contribution in [3.8, 4) is 23.0 Å². The van der Waals surface area contributed by atoms with Crippen LogP contribution in [0, 0.1) is 6.92 Å². The highest BCUT2D eigenvalue weighted by atomic mass is 35.5. The van der Waals surface area contributed by atoms with Gasteiger partial charge in [0, 0.05) is 23.4 Å². The molecular formula is C22H17ClN4O3. The molecule has 0 amide bonds. The largest absolute Gasteiger partial charge is 0.478 e. The van der Waals surface area contributed by atoms with Crippen molar-refractivity contribution >= 4 is 28.7 Å². The number of aromatic carboxylic acids is 1. The number of aromatic amines is 1. The van der Waals surface area contributed by atoms with Crippen molar-refractivity contribution in [2.24, 2.45) is 0 Å². The molecule has 0 spiro atoms. The molecule has 0 atom stereocenters. The predicted octanol–water partition coefficient (Wildman–Crippen LogP) is 5.35.